The van der Waals surface area contributed by atoms with Gasteiger partial charge in [0.15, 0.2) is 0 Å². The molecule has 0 aliphatic carbocycles. The molecule has 0 radical (unpaired) electrons. The van der Waals surface area contributed by atoms with E-state index >= 15 is 0 Å². The van der Waals surface area contributed by atoms with Gasteiger partial charge >= 0.3 is 0 Å². The van der Waals surface area contributed by atoms with Crippen molar-refractivity contribution in [2.24, 2.45) is 0 Å². The Morgan fingerprint density at radius 1 is 1.30 bits per heavy atom. The zero-order valence-electron chi connectivity index (χ0n) is 12.6. The molecule has 0 saturated heterocycles. The summed E-state index contributed by atoms with van der Waals surface area (Å²) in [5.41, 5.74) is 1.40. The topological polar surface area (TPSA) is 81.5 Å². The first-order valence-corrected chi connectivity index (χ1v) is 6.91. The summed E-state index contributed by atoms with van der Waals surface area (Å²) in [7, 11) is 0. The Morgan fingerprint density at radius 2 is 2.00 bits per heavy atom. The van der Waals surface area contributed by atoms with Gasteiger partial charge in [0.1, 0.15) is 12.4 Å². The Kier molecular flexibility index (Phi) is 5.09. The predicted octanol–water partition coefficient (Wildman–Crippen LogP) is 3.72. The maximum atomic E-state index is 12.2. The minimum atomic E-state index is -0.473. The standard InChI is InChI=1S/C17H16N2O4/c1-3-10-23-15-7-5-14(6-8-15)18-17(20)13-4-9-16(19(21)22)12(2)11-13/h3-9,11H,1,10H2,2H3,(H,18,20). The summed E-state index contributed by atoms with van der Waals surface area (Å²) in [6, 6.07) is 11.2. The number of nitrogens with zero attached hydrogens (tertiary/aromatic N) is 1. The van der Waals surface area contributed by atoms with Gasteiger partial charge in [-0.15, -0.1) is 0 Å². The van der Waals surface area contributed by atoms with Gasteiger partial charge in [-0.2, -0.15) is 0 Å². The van der Waals surface area contributed by atoms with Crippen molar-refractivity contribution in [2.75, 3.05) is 11.9 Å². The lowest BCUT2D eigenvalue weighted by Crippen LogP contribution is -2.12. The van der Waals surface area contributed by atoms with Gasteiger partial charge in [0.25, 0.3) is 11.6 Å². The van der Waals surface area contributed by atoms with E-state index in [2.05, 4.69) is 11.9 Å². The van der Waals surface area contributed by atoms with Gasteiger partial charge in [0.05, 0.1) is 4.92 Å². The molecule has 0 bridgehead atoms. The second-order valence-electron chi connectivity index (χ2n) is 4.84. The van der Waals surface area contributed by atoms with Gasteiger partial charge in [-0.1, -0.05) is 12.7 Å². The quantitative estimate of drug-likeness (QED) is 0.500. The average molecular weight is 312 g/mol. The van der Waals surface area contributed by atoms with Crippen LogP contribution in [-0.4, -0.2) is 17.4 Å². The highest BCUT2D eigenvalue weighted by Gasteiger charge is 2.13. The van der Waals surface area contributed by atoms with Crippen LogP contribution in [0.25, 0.3) is 0 Å². The molecule has 2 aromatic rings. The van der Waals surface area contributed by atoms with Gasteiger partial charge in [0, 0.05) is 22.9 Å². The first-order valence-electron chi connectivity index (χ1n) is 6.91. The lowest BCUT2D eigenvalue weighted by molar-refractivity contribution is -0.385. The van der Waals surface area contributed by atoms with E-state index in [9.17, 15) is 14.9 Å². The predicted molar refractivity (Wildman–Crippen MR) is 87.9 cm³/mol. The molecule has 0 spiro atoms. The van der Waals surface area contributed by atoms with Crippen molar-refractivity contribution in [3.8, 4) is 5.75 Å². The lowest BCUT2D eigenvalue weighted by atomic mass is 10.1. The first kappa shape index (κ1) is 16.2. The number of hydrogen-bond donors (Lipinski definition) is 1. The Labute approximate surface area is 133 Å². The molecule has 1 N–H and O–H groups in total. The molecule has 0 aromatic heterocycles. The van der Waals surface area contributed by atoms with E-state index in [1.165, 1.54) is 18.2 Å². The largest absolute Gasteiger partial charge is 0.490 e. The number of hydrogen-bond acceptors (Lipinski definition) is 4. The second kappa shape index (κ2) is 7.22. The normalized spacial score (nSPS) is 9.96. The summed E-state index contributed by atoms with van der Waals surface area (Å²) in [6.45, 7) is 5.57. The van der Waals surface area contributed by atoms with E-state index in [1.807, 2.05) is 0 Å². The second-order valence-corrected chi connectivity index (χ2v) is 4.84. The highest BCUT2D eigenvalue weighted by atomic mass is 16.6. The van der Waals surface area contributed by atoms with Gasteiger partial charge in [0.2, 0.25) is 0 Å². The molecule has 0 aliphatic rings. The number of nitro groups is 1. The highest BCUT2D eigenvalue weighted by Crippen LogP contribution is 2.20. The van der Waals surface area contributed by atoms with Gasteiger partial charge in [-0.05, 0) is 43.3 Å². The summed E-state index contributed by atoms with van der Waals surface area (Å²) in [4.78, 5) is 22.5. The van der Waals surface area contributed by atoms with Crippen molar-refractivity contribution < 1.29 is 14.5 Å². The van der Waals surface area contributed by atoms with Crippen LogP contribution in [0.1, 0.15) is 15.9 Å². The van der Waals surface area contributed by atoms with Crippen LogP contribution in [0.3, 0.4) is 0 Å². The Bertz CT molecular complexity index is 739. The number of carbonyl (C=O) groups is 1. The van der Waals surface area contributed by atoms with Gasteiger partial charge in [-0.3, -0.25) is 14.9 Å². The molecule has 2 rings (SSSR count). The molecule has 23 heavy (non-hydrogen) atoms. The minimum Gasteiger partial charge on any atom is -0.490 e. The maximum absolute atomic E-state index is 12.2. The number of rotatable bonds is 6. The average Bonchev–Trinajstić information content (AvgIpc) is 2.53. The third-order valence-corrected chi connectivity index (χ3v) is 3.14. The van der Waals surface area contributed by atoms with Crippen molar-refractivity contribution in [1.29, 1.82) is 0 Å². The van der Waals surface area contributed by atoms with Gasteiger partial charge in [-0.25, -0.2) is 0 Å². The molecule has 118 valence electrons. The third kappa shape index (κ3) is 4.16. The fraction of sp³-hybridized carbons (Fsp3) is 0.118. The van der Waals surface area contributed by atoms with E-state index < -0.39 is 4.92 Å². The number of ether oxygens (including phenoxy) is 1. The molecule has 1 amide bonds. The number of carbonyl (C=O) groups excluding carboxylic acids is 1. The number of nitrogens with one attached hydrogen (secondary N) is 1. The van der Waals surface area contributed by atoms with Crippen molar-refractivity contribution in [1.82, 2.24) is 0 Å². The smallest absolute Gasteiger partial charge is 0.272 e. The van der Waals surface area contributed by atoms with Crippen LogP contribution in [0.4, 0.5) is 11.4 Å². The minimum absolute atomic E-state index is 0.00901. The SMILES string of the molecule is C=CCOc1ccc(NC(=O)c2ccc([N+](=O)[O-])c(C)c2)cc1. The monoisotopic (exact) mass is 312 g/mol. The zero-order valence-corrected chi connectivity index (χ0v) is 12.6. The Morgan fingerprint density at radius 3 is 2.57 bits per heavy atom. The van der Waals surface area contributed by atoms with Crippen molar-refractivity contribution >= 4 is 17.3 Å². The molecule has 0 unspecified atom stereocenters. The summed E-state index contributed by atoms with van der Waals surface area (Å²) < 4.78 is 5.36. The van der Waals surface area contributed by atoms with E-state index in [0.29, 0.717) is 29.2 Å². The molecule has 0 saturated carbocycles. The van der Waals surface area contributed by atoms with Crippen LogP contribution in [0.5, 0.6) is 5.75 Å². The number of aryl methyl sites for hydroxylation is 1. The molecule has 0 atom stereocenters. The third-order valence-electron chi connectivity index (χ3n) is 3.14. The highest BCUT2D eigenvalue weighted by molar-refractivity contribution is 6.04. The summed E-state index contributed by atoms with van der Waals surface area (Å²) in [5, 5.41) is 13.5. The Balaban J connectivity index is 2.08. The van der Waals surface area contributed by atoms with Crippen LogP contribution in [0.2, 0.25) is 0 Å². The molecular weight excluding hydrogens is 296 g/mol. The summed E-state index contributed by atoms with van der Waals surface area (Å²) in [6.07, 6.45) is 1.65. The van der Waals surface area contributed by atoms with Crippen LogP contribution in [0, 0.1) is 17.0 Å². The fourth-order valence-electron chi connectivity index (χ4n) is 1.99. The number of benzene rings is 2. The van der Waals surface area contributed by atoms with Gasteiger partial charge < -0.3 is 10.1 Å². The Hall–Kier alpha value is -3.15. The number of amides is 1. The van der Waals surface area contributed by atoms with E-state index in [4.69, 9.17) is 4.74 Å². The van der Waals surface area contributed by atoms with Crippen LogP contribution < -0.4 is 10.1 Å². The van der Waals surface area contributed by atoms with Crippen LogP contribution in [0.15, 0.2) is 55.1 Å². The van der Waals surface area contributed by atoms with Crippen molar-refractivity contribution in [2.45, 2.75) is 6.92 Å². The van der Waals surface area contributed by atoms with E-state index in [0.717, 1.165) is 0 Å². The lowest BCUT2D eigenvalue weighted by Gasteiger charge is -2.08. The first-order chi connectivity index (χ1) is 11.0. The molecule has 0 fully saturated rings. The van der Waals surface area contributed by atoms with Crippen LogP contribution in [-0.2, 0) is 0 Å². The zero-order chi connectivity index (χ0) is 16.8. The van der Waals surface area contributed by atoms with E-state index in [1.54, 1.807) is 37.3 Å². The molecule has 6 heteroatoms. The molecule has 2 aromatic carbocycles. The number of anilines is 1. The maximum Gasteiger partial charge on any atom is 0.272 e. The van der Waals surface area contributed by atoms with E-state index in [-0.39, 0.29) is 11.6 Å². The molecule has 0 aliphatic heterocycles. The molecular formula is C17H16N2O4. The van der Waals surface area contributed by atoms with Crippen LogP contribution >= 0.6 is 0 Å². The summed E-state index contributed by atoms with van der Waals surface area (Å²) in [5.74, 6) is 0.344. The number of nitro benzene ring substituents is 1. The fourth-order valence-corrected chi connectivity index (χ4v) is 1.99. The van der Waals surface area contributed by atoms with Crippen molar-refractivity contribution in [3.63, 3.8) is 0 Å². The molecule has 6 nitrogen and oxygen atoms in total. The summed E-state index contributed by atoms with van der Waals surface area (Å²) >= 11 is 0. The van der Waals surface area contributed by atoms with Crippen molar-refractivity contribution in [3.05, 3.63) is 76.4 Å². The molecule has 0 heterocycles.